The number of imide groups is 1. The summed E-state index contributed by atoms with van der Waals surface area (Å²) in [6.45, 7) is 2.69. The molecule has 31 heavy (non-hydrogen) atoms. The average Bonchev–Trinajstić information content (AvgIpc) is 3.02. The van der Waals surface area contributed by atoms with E-state index in [9.17, 15) is 9.59 Å². The van der Waals surface area contributed by atoms with Crippen LogP contribution in [0.2, 0.25) is 0 Å². The lowest BCUT2D eigenvalue weighted by molar-refractivity contribution is -0.123. The number of nitrogens with one attached hydrogen (secondary N) is 1. The van der Waals surface area contributed by atoms with E-state index in [1.165, 1.54) is 4.90 Å². The number of rotatable bonds is 6. The Labute approximate surface area is 189 Å². The molecule has 3 aromatic carbocycles. The van der Waals surface area contributed by atoms with Gasteiger partial charge in [0.25, 0.3) is 5.91 Å². The van der Waals surface area contributed by atoms with Gasteiger partial charge in [0.15, 0.2) is 0 Å². The smallest absolute Gasteiger partial charge is 0.329 e. The van der Waals surface area contributed by atoms with Crippen LogP contribution >= 0.6 is 15.9 Å². The Morgan fingerprint density at radius 2 is 1.71 bits per heavy atom. The highest BCUT2D eigenvalue weighted by Gasteiger charge is 2.33. The standard InChI is InChI=1S/C25H21BrN2O3/c1-17-3-2-4-20(13-17)15-28-24(29)23(27-25(28)30)14-18-7-11-22(12-8-18)31-16-19-5-9-21(26)10-6-19/h2-14H,15-16H2,1H3,(H,27,30)/b23-14+. The molecule has 156 valence electrons. The maximum Gasteiger partial charge on any atom is 0.329 e. The van der Waals surface area contributed by atoms with Crippen LogP contribution in [0.25, 0.3) is 6.08 Å². The molecule has 1 aliphatic rings. The summed E-state index contributed by atoms with van der Waals surface area (Å²) in [7, 11) is 0. The van der Waals surface area contributed by atoms with Gasteiger partial charge in [-0.05, 0) is 54.0 Å². The van der Waals surface area contributed by atoms with Crippen molar-refractivity contribution in [1.29, 1.82) is 0 Å². The fraction of sp³-hybridized carbons (Fsp3) is 0.120. The molecule has 1 N–H and O–H groups in total. The zero-order chi connectivity index (χ0) is 21.8. The minimum Gasteiger partial charge on any atom is -0.489 e. The lowest BCUT2D eigenvalue weighted by Gasteiger charge is -2.12. The molecule has 5 nitrogen and oxygen atoms in total. The van der Waals surface area contributed by atoms with E-state index < -0.39 is 6.03 Å². The number of amides is 3. The third-order valence-corrected chi connectivity index (χ3v) is 5.42. The normalized spacial score (nSPS) is 14.8. The Hall–Kier alpha value is -3.38. The van der Waals surface area contributed by atoms with Crippen LogP contribution in [0.3, 0.4) is 0 Å². The number of aryl methyl sites for hydroxylation is 1. The number of nitrogens with zero attached hydrogens (tertiary/aromatic N) is 1. The first kappa shape index (κ1) is 20.9. The van der Waals surface area contributed by atoms with Crippen molar-refractivity contribution >= 4 is 33.9 Å². The summed E-state index contributed by atoms with van der Waals surface area (Å²) in [6, 6.07) is 22.7. The average molecular weight is 477 g/mol. The van der Waals surface area contributed by atoms with Gasteiger partial charge in [-0.15, -0.1) is 0 Å². The van der Waals surface area contributed by atoms with Crippen LogP contribution in [0, 0.1) is 6.92 Å². The SMILES string of the molecule is Cc1cccc(CN2C(=O)N/C(=C/c3ccc(OCc4ccc(Br)cc4)cc3)C2=O)c1. The first-order valence-electron chi connectivity index (χ1n) is 9.85. The summed E-state index contributed by atoms with van der Waals surface area (Å²) in [5.41, 5.74) is 4.14. The molecule has 4 rings (SSSR count). The first-order chi connectivity index (χ1) is 15.0. The topological polar surface area (TPSA) is 58.6 Å². The maximum absolute atomic E-state index is 12.7. The quantitative estimate of drug-likeness (QED) is 0.381. The van der Waals surface area contributed by atoms with Gasteiger partial charge < -0.3 is 10.1 Å². The van der Waals surface area contributed by atoms with Crippen LogP contribution < -0.4 is 10.1 Å². The number of hydrogen-bond acceptors (Lipinski definition) is 3. The second-order valence-electron chi connectivity index (χ2n) is 7.35. The van der Waals surface area contributed by atoms with Gasteiger partial charge in [0.05, 0.1) is 6.54 Å². The number of halogens is 1. The van der Waals surface area contributed by atoms with E-state index in [2.05, 4.69) is 21.2 Å². The Bertz CT molecular complexity index is 1140. The van der Waals surface area contributed by atoms with Crippen LogP contribution in [0.15, 0.2) is 83.0 Å². The fourth-order valence-corrected chi connectivity index (χ4v) is 3.55. The largest absolute Gasteiger partial charge is 0.489 e. The molecular weight excluding hydrogens is 456 g/mol. The maximum atomic E-state index is 12.7. The molecule has 1 heterocycles. The molecule has 3 amide bonds. The Kier molecular flexibility index (Phi) is 6.18. The summed E-state index contributed by atoms with van der Waals surface area (Å²) in [6.07, 6.45) is 1.68. The van der Waals surface area contributed by atoms with Crippen LogP contribution in [0.4, 0.5) is 4.79 Å². The van der Waals surface area contributed by atoms with E-state index in [1.807, 2.05) is 79.7 Å². The van der Waals surface area contributed by atoms with Gasteiger partial charge in [-0.25, -0.2) is 4.79 Å². The molecule has 1 aliphatic heterocycles. The van der Waals surface area contributed by atoms with Gasteiger partial charge in [-0.2, -0.15) is 0 Å². The minimum absolute atomic E-state index is 0.243. The molecule has 3 aromatic rings. The molecule has 0 atom stereocenters. The summed E-state index contributed by atoms with van der Waals surface area (Å²) < 4.78 is 6.83. The van der Waals surface area contributed by atoms with Crippen LogP contribution in [0.5, 0.6) is 5.75 Å². The van der Waals surface area contributed by atoms with Gasteiger partial charge >= 0.3 is 6.03 Å². The van der Waals surface area contributed by atoms with Crippen molar-refractivity contribution < 1.29 is 14.3 Å². The number of carbonyl (C=O) groups excluding carboxylic acids is 2. The molecule has 0 aliphatic carbocycles. The molecule has 0 saturated carbocycles. The molecule has 0 radical (unpaired) electrons. The minimum atomic E-state index is -0.410. The van der Waals surface area contributed by atoms with Crippen LogP contribution in [-0.4, -0.2) is 16.8 Å². The third kappa shape index (κ3) is 5.22. The van der Waals surface area contributed by atoms with E-state index in [4.69, 9.17) is 4.74 Å². The highest BCUT2D eigenvalue weighted by Crippen LogP contribution is 2.20. The third-order valence-electron chi connectivity index (χ3n) is 4.90. The fourth-order valence-electron chi connectivity index (χ4n) is 3.28. The second-order valence-corrected chi connectivity index (χ2v) is 8.27. The van der Waals surface area contributed by atoms with Gasteiger partial charge in [-0.1, -0.05) is 70.0 Å². The number of carbonyl (C=O) groups is 2. The van der Waals surface area contributed by atoms with E-state index in [0.29, 0.717) is 6.61 Å². The predicted octanol–water partition coefficient (Wildman–Crippen LogP) is 5.43. The van der Waals surface area contributed by atoms with Crippen molar-refractivity contribution in [3.8, 4) is 5.75 Å². The van der Waals surface area contributed by atoms with Gasteiger partial charge in [0, 0.05) is 4.47 Å². The molecule has 0 unspecified atom stereocenters. The first-order valence-corrected chi connectivity index (χ1v) is 10.6. The summed E-state index contributed by atoms with van der Waals surface area (Å²) in [5.74, 6) is 0.398. The lowest BCUT2D eigenvalue weighted by Crippen LogP contribution is -2.30. The molecule has 1 saturated heterocycles. The molecule has 0 spiro atoms. The van der Waals surface area contributed by atoms with E-state index in [1.54, 1.807) is 6.08 Å². The predicted molar refractivity (Wildman–Crippen MR) is 123 cm³/mol. The Balaban J connectivity index is 1.40. The van der Waals surface area contributed by atoms with Gasteiger partial charge in [0.1, 0.15) is 18.1 Å². The van der Waals surface area contributed by atoms with Crippen molar-refractivity contribution in [2.24, 2.45) is 0 Å². The van der Waals surface area contributed by atoms with E-state index >= 15 is 0 Å². The van der Waals surface area contributed by atoms with Crippen molar-refractivity contribution in [1.82, 2.24) is 10.2 Å². The van der Waals surface area contributed by atoms with Gasteiger partial charge in [-0.3, -0.25) is 9.69 Å². The molecular formula is C25H21BrN2O3. The number of ether oxygens (including phenoxy) is 1. The van der Waals surface area contributed by atoms with Crippen molar-refractivity contribution in [2.45, 2.75) is 20.1 Å². The number of hydrogen-bond donors (Lipinski definition) is 1. The molecule has 1 fully saturated rings. The Morgan fingerprint density at radius 1 is 0.968 bits per heavy atom. The second kappa shape index (κ2) is 9.18. The molecule has 0 bridgehead atoms. The van der Waals surface area contributed by atoms with Crippen LogP contribution in [-0.2, 0) is 17.9 Å². The summed E-state index contributed by atoms with van der Waals surface area (Å²) in [5, 5.41) is 2.67. The number of benzene rings is 3. The van der Waals surface area contributed by atoms with Crippen LogP contribution in [0.1, 0.15) is 22.3 Å². The highest BCUT2D eigenvalue weighted by molar-refractivity contribution is 9.10. The van der Waals surface area contributed by atoms with Gasteiger partial charge in [0.2, 0.25) is 0 Å². The summed E-state index contributed by atoms with van der Waals surface area (Å²) >= 11 is 3.42. The zero-order valence-electron chi connectivity index (χ0n) is 17.0. The lowest BCUT2D eigenvalue weighted by atomic mass is 10.1. The highest BCUT2D eigenvalue weighted by atomic mass is 79.9. The molecule has 6 heteroatoms. The Morgan fingerprint density at radius 3 is 2.42 bits per heavy atom. The van der Waals surface area contributed by atoms with Crippen molar-refractivity contribution in [3.63, 3.8) is 0 Å². The van der Waals surface area contributed by atoms with Crippen molar-refractivity contribution in [3.05, 3.63) is 105 Å². The van der Waals surface area contributed by atoms with E-state index in [-0.39, 0.29) is 18.1 Å². The summed E-state index contributed by atoms with van der Waals surface area (Å²) in [4.78, 5) is 26.2. The van der Waals surface area contributed by atoms with E-state index in [0.717, 1.165) is 32.5 Å². The monoisotopic (exact) mass is 476 g/mol. The number of urea groups is 1. The van der Waals surface area contributed by atoms with Crippen molar-refractivity contribution in [2.75, 3.05) is 0 Å². The molecule has 0 aromatic heterocycles. The zero-order valence-corrected chi connectivity index (χ0v) is 18.6.